The van der Waals surface area contributed by atoms with Crippen LogP contribution in [0.4, 0.5) is 10.1 Å². The average molecular weight is 406 g/mol. The monoisotopic (exact) mass is 404 g/mol. The number of anilines is 1. The molecule has 1 atom stereocenters. The van der Waals surface area contributed by atoms with Gasteiger partial charge >= 0.3 is 0 Å². The average Bonchev–Trinajstić information content (AvgIpc) is 2.89. The second kappa shape index (κ2) is 5.46. The fourth-order valence-corrected chi connectivity index (χ4v) is 3.93. The van der Waals surface area contributed by atoms with Gasteiger partial charge in [0.15, 0.2) is 0 Å². The molecule has 0 aliphatic carbocycles. The Morgan fingerprint density at radius 3 is 2.75 bits per heavy atom. The van der Waals surface area contributed by atoms with Crippen LogP contribution >= 0.6 is 27.5 Å². The summed E-state index contributed by atoms with van der Waals surface area (Å²) in [5.74, 6) is -0.662. The second-order valence-electron chi connectivity index (χ2n) is 5.66. The van der Waals surface area contributed by atoms with E-state index >= 15 is 0 Å². The third kappa shape index (κ3) is 2.19. The van der Waals surface area contributed by atoms with E-state index in [0.29, 0.717) is 27.4 Å². The van der Waals surface area contributed by atoms with Crippen LogP contribution in [0.2, 0.25) is 5.02 Å². The molecule has 6 heteroatoms. The maximum Gasteiger partial charge on any atom is 0.253 e. The molecule has 0 saturated carbocycles. The van der Waals surface area contributed by atoms with Crippen molar-refractivity contribution in [1.29, 1.82) is 0 Å². The summed E-state index contributed by atoms with van der Waals surface area (Å²) in [7, 11) is 0. The Labute approximate surface area is 150 Å². The van der Waals surface area contributed by atoms with Crippen LogP contribution in [0.25, 0.3) is 10.8 Å². The number of benzene rings is 3. The number of hydrogen-bond acceptors (Lipinski definition) is 2. The van der Waals surface area contributed by atoms with Crippen LogP contribution in [0, 0.1) is 5.82 Å². The summed E-state index contributed by atoms with van der Waals surface area (Å²) < 4.78 is 14.5. The topological polar surface area (TPSA) is 55.1 Å². The van der Waals surface area contributed by atoms with Gasteiger partial charge in [-0.2, -0.15) is 0 Å². The van der Waals surface area contributed by atoms with E-state index in [4.69, 9.17) is 17.3 Å². The van der Waals surface area contributed by atoms with Crippen molar-refractivity contribution in [2.24, 2.45) is 0 Å². The maximum atomic E-state index is 13.7. The standard InChI is InChI=1S/C18H11BrClFN2O/c19-12-3-1-2-9-10(12)7-14(22)16-15(9)18(24)23-17(16)11-6-8(21)4-5-13(11)20/h1-7,17H,22H2,(H,23,24). The molecule has 0 radical (unpaired) electrons. The molecule has 0 aromatic heterocycles. The molecule has 3 nitrogen and oxygen atoms in total. The van der Waals surface area contributed by atoms with Crippen LogP contribution in [-0.2, 0) is 0 Å². The molecule has 120 valence electrons. The van der Waals surface area contributed by atoms with Crippen molar-refractivity contribution in [2.45, 2.75) is 6.04 Å². The first-order chi connectivity index (χ1) is 11.5. The highest BCUT2D eigenvalue weighted by Gasteiger charge is 2.35. The van der Waals surface area contributed by atoms with E-state index in [1.165, 1.54) is 18.2 Å². The number of fused-ring (bicyclic) bond motifs is 3. The summed E-state index contributed by atoms with van der Waals surface area (Å²) in [6.45, 7) is 0. The lowest BCUT2D eigenvalue weighted by molar-refractivity contribution is 0.0962. The Hall–Kier alpha value is -2.11. The summed E-state index contributed by atoms with van der Waals surface area (Å²) in [6.07, 6.45) is 0. The molecule has 3 aromatic carbocycles. The van der Waals surface area contributed by atoms with Gasteiger partial charge in [-0.05, 0) is 41.1 Å². The van der Waals surface area contributed by atoms with E-state index in [2.05, 4.69) is 21.2 Å². The largest absolute Gasteiger partial charge is 0.398 e. The quantitative estimate of drug-likeness (QED) is 0.571. The van der Waals surface area contributed by atoms with Crippen molar-refractivity contribution in [1.82, 2.24) is 5.32 Å². The van der Waals surface area contributed by atoms with E-state index in [1.807, 2.05) is 24.3 Å². The van der Waals surface area contributed by atoms with E-state index in [-0.39, 0.29) is 5.91 Å². The van der Waals surface area contributed by atoms with Gasteiger partial charge in [-0.25, -0.2) is 4.39 Å². The molecule has 3 aromatic rings. The Morgan fingerprint density at radius 1 is 1.17 bits per heavy atom. The molecule has 1 aliphatic heterocycles. The number of nitrogens with two attached hydrogens (primary N) is 1. The van der Waals surface area contributed by atoms with Gasteiger partial charge in [0.2, 0.25) is 0 Å². The second-order valence-corrected chi connectivity index (χ2v) is 6.92. The summed E-state index contributed by atoms with van der Waals surface area (Å²) in [6, 6.07) is 11.0. The van der Waals surface area contributed by atoms with Gasteiger partial charge in [-0.3, -0.25) is 4.79 Å². The Bertz CT molecular complexity index is 1020. The predicted molar refractivity (Wildman–Crippen MR) is 96.8 cm³/mol. The van der Waals surface area contributed by atoms with Gasteiger partial charge < -0.3 is 11.1 Å². The molecule has 0 fully saturated rings. The normalized spacial score (nSPS) is 16.3. The summed E-state index contributed by atoms with van der Waals surface area (Å²) in [4.78, 5) is 12.6. The molecule has 3 N–H and O–H groups in total. The van der Waals surface area contributed by atoms with Gasteiger partial charge in [0.25, 0.3) is 5.91 Å². The van der Waals surface area contributed by atoms with Crippen LogP contribution in [0.5, 0.6) is 0 Å². The van der Waals surface area contributed by atoms with Gasteiger partial charge in [-0.1, -0.05) is 39.7 Å². The zero-order chi connectivity index (χ0) is 17.0. The number of carbonyl (C=O) groups excluding carboxylic acids is 1. The van der Waals surface area contributed by atoms with Crippen LogP contribution in [-0.4, -0.2) is 5.91 Å². The number of carbonyl (C=O) groups is 1. The molecule has 1 unspecified atom stereocenters. The number of amides is 1. The van der Waals surface area contributed by atoms with Crippen molar-refractivity contribution in [3.63, 3.8) is 0 Å². The van der Waals surface area contributed by atoms with E-state index in [1.54, 1.807) is 0 Å². The lowest BCUT2D eigenvalue weighted by Gasteiger charge is -2.16. The summed E-state index contributed by atoms with van der Waals surface area (Å²) in [5.41, 5.74) is 8.34. The van der Waals surface area contributed by atoms with Crippen LogP contribution < -0.4 is 11.1 Å². The smallest absolute Gasteiger partial charge is 0.253 e. The molecular weight excluding hydrogens is 395 g/mol. The van der Waals surface area contributed by atoms with Gasteiger partial charge in [0.05, 0.1) is 11.6 Å². The first-order valence-electron chi connectivity index (χ1n) is 7.24. The highest BCUT2D eigenvalue weighted by molar-refractivity contribution is 9.10. The molecule has 0 bridgehead atoms. The number of halogens is 3. The van der Waals surface area contributed by atoms with E-state index in [0.717, 1.165) is 15.2 Å². The Morgan fingerprint density at radius 2 is 1.96 bits per heavy atom. The molecule has 24 heavy (non-hydrogen) atoms. The predicted octanol–water partition coefficient (Wildman–Crippen LogP) is 4.81. The minimum atomic E-state index is -0.570. The molecule has 1 aliphatic rings. The summed E-state index contributed by atoms with van der Waals surface area (Å²) >= 11 is 9.70. The molecule has 1 amide bonds. The lowest BCUT2D eigenvalue weighted by Crippen LogP contribution is -2.20. The van der Waals surface area contributed by atoms with E-state index < -0.39 is 11.9 Å². The van der Waals surface area contributed by atoms with E-state index in [9.17, 15) is 9.18 Å². The van der Waals surface area contributed by atoms with Crippen LogP contribution in [0.15, 0.2) is 46.9 Å². The highest BCUT2D eigenvalue weighted by Crippen LogP contribution is 2.42. The lowest BCUT2D eigenvalue weighted by atomic mass is 9.92. The van der Waals surface area contributed by atoms with Crippen molar-refractivity contribution in [3.8, 4) is 0 Å². The highest BCUT2D eigenvalue weighted by atomic mass is 79.9. The molecule has 0 spiro atoms. The third-order valence-electron chi connectivity index (χ3n) is 4.26. The van der Waals surface area contributed by atoms with Crippen molar-refractivity contribution in [2.75, 3.05) is 5.73 Å². The molecule has 1 heterocycles. The zero-order valence-corrected chi connectivity index (χ0v) is 14.6. The van der Waals surface area contributed by atoms with Gasteiger partial charge in [-0.15, -0.1) is 0 Å². The number of nitrogen functional groups attached to an aromatic ring is 1. The van der Waals surface area contributed by atoms with Crippen molar-refractivity contribution in [3.05, 3.63) is 74.5 Å². The number of nitrogens with one attached hydrogen (secondary N) is 1. The van der Waals surface area contributed by atoms with Gasteiger partial charge in [0, 0.05) is 26.3 Å². The Kier molecular flexibility index (Phi) is 3.51. The first kappa shape index (κ1) is 15.4. The fraction of sp³-hybridized carbons (Fsp3) is 0.0556. The Balaban J connectivity index is 2.03. The number of hydrogen-bond donors (Lipinski definition) is 2. The number of rotatable bonds is 1. The first-order valence-corrected chi connectivity index (χ1v) is 8.41. The minimum Gasteiger partial charge on any atom is -0.398 e. The fourth-order valence-electron chi connectivity index (χ4n) is 3.22. The van der Waals surface area contributed by atoms with Crippen molar-refractivity contribution < 1.29 is 9.18 Å². The zero-order valence-electron chi connectivity index (χ0n) is 12.2. The maximum absolute atomic E-state index is 13.7. The molecular formula is C18H11BrClFN2O. The molecule has 0 saturated heterocycles. The SMILES string of the molecule is Nc1cc2c(Br)cccc2c2c1C(c1cc(F)ccc1Cl)NC2=O. The van der Waals surface area contributed by atoms with Gasteiger partial charge in [0.1, 0.15) is 5.82 Å². The van der Waals surface area contributed by atoms with Crippen LogP contribution in [0.3, 0.4) is 0 Å². The molecule has 4 rings (SSSR count). The van der Waals surface area contributed by atoms with Crippen molar-refractivity contribution >= 4 is 49.9 Å². The van der Waals surface area contributed by atoms with Crippen LogP contribution in [0.1, 0.15) is 27.5 Å². The summed E-state index contributed by atoms with van der Waals surface area (Å²) in [5, 5.41) is 4.90. The minimum absolute atomic E-state index is 0.245. The third-order valence-corrected chi connectivity index (χ3v) is 5.30.